The first kappa shape index (κ1) is 16.8. The van der Waals surface area contributed by atoms with Gasteiger partial charge in [-0.3, -0.25) is 4.79 Å². The summed E-state index contributed by atoms with van der Waals surface area (Å²) in [6.07, 6.45) is 1.66. The Balaban J connectivity index is 1.94. The van der Waals surface area contributed by atoms with Crippen molar-refractivity contribution in [2.75, 3.05) is 44.9 Å². The van der Waals surface area contributed by atoms with Crippen LogP contribution in [0.5, 0.6) is 5.75 Å². The Morgan fingerprint density at radius 3 is 2.70 bits per heavy atom. The third-order valence-corrected chi connectivity index (χ3v) is 3.21. The van der Waals surface area contributed by atoms with E-state index in [4.69, 9.17) is 4.74 Å². The number of carbonyl (C=O) groups excluding carboxylic acids is 1. The lowest BCUT2D eigenvalue weighted by Crippen LogP contribution is -2.21. The van der Waals surface area contributed by atoms with E-state index in [2.05, 4.69) is 20.5 Å². The number of aromatic nitrogens is 1. The van der Waals surface area contributed by atoms with Crippen molar-refractivity contribution in [2.24, 2.45) is 0 Å². The Hall–Kier alpha value is -2.60. The Bertz CT molecular complexity index is 641. The maximum absolute atomic E-state index is 12.2. The van der Waals surface area contributed by atoms with E-state index in [-0.39, 0.29) is 5.91 Å². The number of methoxy groups -OCH3 is 1. The van der Waals surface area contributed by atoms with E-state index in [1.165, 1.54) is 0 Å². The van der Waals surface area contributed by atoms with Crippen LogP contribution in [-0.2, 0) is 0 Å². The summed E-state index contributed by atoms with van der Waals surface area (Å²) in [5.74, 6) is 0.439. The molecule has 1 aromatic carbocycles. The standard InChI is InChI=1S/C17H22N4O2/c1-21(2)10-9-18-14-7-8-16(19-12-14)17(22)20-13-5-4-6-15(11-13)23-3/h4-8,11-12,18H,9-10H2,1-3H3,(H,20,22). The molecule has 0 unspecified atom stereocenters. The zero-order chi connectivity index (χ0) is 16.7. The van der Waals surface area contributed by atoms with Crippen molar-refractivity contribution in [2.45, 2.75) is 0 Å². The van der Waals surface area contributed by atoms with Crippen LogP contribution >= 0.6 is 0 Å². The Morgan fingerprint density at radius 1 is 1.22 bits per heavy atom. The second-order valence-electron chi connectivity index (χ2n) is 5.35. The molecule has 0 aliphatic rings. The predicted octanol–water partition coefficient (Wildman–Crippen LogP) is 2.32. The van der Waals surface area contributed by atoms with Crippen molar-refractivity contribution in [3.63, 3.8) is 0 Å². The fraction of sp³-hybridized carbons (Fsp3) is 0.294. The molecule has 0 saturated heterocycles. The van der Waals surface area contributed by atoms with Gasteiger partial charge in [-0.05, 0) is 38.4 Å². The molecule has 122 valence electrons. The van der Waals surface area contributed by atoms with Crippen LogP contribution in [-0.4, -0.2) is 50.1 Å². The molecule has 0 spiro atoms. The summed E-state index contributed by atoms with van der Waals surface area (Å²) in [5.41, 5.74) is 1.93. The summed E-state index contributed by atoms with van der Waals surface area (Å²) in [5, 5.41) is 6.06. The molecule has 2 aromatic rings. The molecule has 0 fully saturated rings. The molecule has 6 nitrogen and oxygen atoms in total. The third-order valence-electron chi connectivity index (χ3n) is 3.21. The van der Waals surface area contributed by atoms with Crippen LogP contribution in [0, 0.1) is 0 Å². The zero-order valence-electron chi connectivity index (χ0n) is 13.7. The van der Waals surface area contributed by atoms with Crippen molar-refractivity contribution in [3.05, 3.63) is 48.3 Å². The minimum Gasteiger partial charge on any atom is -0.497 e. The van der Waals surface area contributed by atoms with Gasteiger partial charge in [-0.25, -0.2) is 4.98 Å². The van der Waals surface area contributed by atoms with Gasteiger partial charge in [0.25, 0.3) is 5.91 Å². The number of likely N-dealkylation sites (N-methyl/N-ethyl adjacent to an activating group) is 1. The van der Waals surface area contributed by atoms with E-state index in [0.717, 1.165) is 18.8 Å². The van der Waals surface area contributed by atoms with Gasteiger partial charge in [-0.2, -0.15) is 0 Å². The van der Waals surface area contributed by atoms with Gasteiger partial charge < -0.3 is 20.3 Å². The highest BCUT2D eigenvalue weighted by Crippen LogP contribution is 2.17. The topological polar surface area (TPSA) is 66.5 Å². The molecule has 1 aromatic heterocycles. The highest BCUT2D eigenvalue weighted by Gasteiger charge is 2.08. The molecule has 6 heteroatoms. The molecule has 2 rings (SSSR count). The van der Waals surface area contributed by atoms with Crippen molar-refractivity contribution >= 4 is 17.3 Å². The summed E-state index contributed by atoms with van der Waals surface area (Å²) in [6, 6.07) is 10.8. The number of hydrogen-bond acceptors (Lipinski definition) is 5. The normalized spacial score (nSPS) is 10.4. The van der Waals surface area contributed by atoms with Gasteiger partial charge in [0, 0.05) is 24.8 Å². The lowest BCUT2D eigenvalue weighted by Gasteiger charge is -2.11. The maximum Gasteiger partial charge on any atom is 0.274 e. The molecule has 23 heavy (non-hydrogen) atoms. The summed E-state index contributed by atoms with van der Waals surface area (Å²) in [4.78, 5) is 18.5. The number of amides is 1. The zero-order valence-corrected chi connectivity index (χ0v) is 13.7. The van der Waals surface area contributed by atoms with Gasteiger partial charge in [0.05, 0.1) is 19.0 Å². The van der Waals surface area contributed by atoms with Crippen molar-refractivity contribution < 1.29 is 9.53 Å². The monoisotopic (exact) mass is 314 g/mol. The number of ether oxygens (including phenoxy) is 1. The van der Waals surface area contributed by atoms with E-state index in [9.17, 15) is 4.79 Å². The quantitative estimate of drug-likeness (QED) is 0.821. The van der Waals surface area contributed by atoms with Crippen LogP contribution in [0.25, 0.3) is 0 Å². The molecule has 0 atom stereocenters. The number of hydrogen-bond donors (Lipinski definition) is 2. The average Bonchev–Trinajstić information content (AvgIpc) is 2.55. The van der Waals surface area contributed by atoms with Crippen LogP contribution < -0.4 is 15.4 Å². The molecular weight excluding hydrogens is 292 g/mol. The van der Waals surface area contributed by atoms with Gasteiger partial charge in [-0.1, -0.05) is 6.07 Å². The fourth-order valence-corrected chi connectivity index (χ4v) is 1.95. The minimum absolute atomic E-state index is 0.252. The third kappa shape index (κ3) is 5.27. The number of pyridine rings is 1. The summed E-state index contributed by atoms with van der Waals surface area (Å²) < 4.78 is 5.13. The number of nitrogens with zero attached hydrogens (tertiary/aromatic N) is 2. The van der Waals surface area contributed by atoms with Gasteiger partial charge in [0.1, 0.15) is 11.4 Å². The fourth-order valence-electron chi connectivity index (χ4n) is 1.95. The van der Waals surface area contributed by atoms with Gasteiger partial charge in [0.15, 0.2) is 0 Å². The summed E-state index contributed by atoms with van der Waals surface area (Å²) >= 11 is 0. The van der Waals surface area contributed by atoms with E-state index in [0.29, 0.717) is 17.1 Å². The van der Waals surface area contributed by atoms with Gasteiger partial charge in [0.2, 0.25) is 0 Å². The molecule has 2 N–H and O–H groups in total. The number of anilines is 2. The Morgan fingerprint density at radius 2 is 2.04 bits per heavy atom. The first-order chi connectivity index (χ1) is 11.1. The van der Waals surface area contributed by atoms with Crippen LogP contribution in [0.4, 0.5) is 11.4 Å². The van der Waals surface area contributed by atoms with Crippen LogP contribution in [0.2, 0.25) is 0 Å². The molecule has 0 aliphatic heterocycles. The summed E-state index contributed by atoms with van der Waals surface area (Å²) in [6.45, 7) is 1.75. The van der Waals surface area contributed by atoms with Gasteiger partial charge >= 0.3 is 0 Å². The largest absolute Gasteiger partial charge is 0.497 e. The number of carbonyl (C=O) groups is 1. The molecule has 1 heterocycles. The van der Waals surface area contributed by atoms with E-state index < -0.39 is 0 Å². The molecule has 0 saturated carbocycles. The van der Waals surface area contributed by atoms with Crippen molar-refractivity contribution in [1.29, 1.82) is 0 Å². The number of nitrogens with one attached hydrogen (secondary N) is 2. The first-order valence-corrected chi connectivity index (χ1v) is 7.38. The van der Waals surface area contributed by atoms with Gasteiger partial charge in [-0.15, -0.1) is 0 Å². The highest BCUT2D eigenvalue weighted by atomic mass is 16.5. The smallest absolute Gasteiger partial charge is 0.274 e. The Kier molecular flexibility index (Phi) is 5.94. The summed E-state index contributed by atoms with van der Waals surface area (Å²) in [7, 11) is 5.63. The van der Waals surface area contributed by atoms with E-state index in [1.807, 2.05) is 32.3 Å². The highest BCUT2D eigenvalue weighted by molar-refractivity contribution is 6.03. The maximum atomic E-state index is 12.2. The lowest BCUT2D eigenvalue weighted by atomic mass is 10.2. The van der Waals surface area contributed by atoms with Crippen molar-refractivity contribution in [3.8, 4) is 5.75 Å². The second kappa shape index (κ2) is 8.14. The van der Waals surface area contributed by atoms with Crippen LogP contribution in [0.1, 0.15) is 10.5 Å². The number of benzene rings is 1. The molecule has 0 aliphatic carbocycles. The molecule has 1 amide bonds. The van der Waals surface area contributed by atoms with Crippen molar-refractivity contribution in [1.82, 2.24) is 9.88 Å². The Labute approximate surface area is 136 Å². The molecular formula is C17H22N4O2. The second-order valence-corrected chi connectivity index (χ2v) is 5.35. The van der Waals surface area contributed by atoms with E-state index in [1.54, 1.807) is 31.5 Å². The minimum atomic E-state index is -0.252. The predicted molar refractivity (Wildman–Crippen MR) is 92.2 cm³/mol. The average molecular weight is 314 g/mol. The van der Waals surface area contributed by atoms with E-state index >= 15 is 0 Å². The molecule has 0 bridgehead atoms. The lowest BCUT2D eigenvalue weighted by molar-refractivity contribution is 0.102. The van der Waals surface area contributed by atoms with Crippen LogP contribution in [0.3, 0.4) is 0 Å². The SMILES string of the molecule is COc1cccc(NC(=O)c2ccc(NCCN(C)C)cn2)c1. The van der Waals surface area contributed by atoms with Crippen LogP contribution in [0.15, 0.2) is 42.6 Å². The first-order valence-electron chi connectivity index (χ1n) is 7.38. The number of rotatable bonds is 7. The molecule has 0 radical (unpaired) electrons.